The first-order valence-corrected chi connectivity index (χ1v) is 15.6. The van der Waals surface area contributed by atoms with Crippen LogP contribution in [0.1, 0.15) is 91.9 Å². The topological polar surface area (TPSA) is 53.6 Å². The van der Waals surface area contributed by atoms with Crippen LogP contribution in [-0.4, -0.2) is 55.9 Å². The Morgan fingerprint density at radius 1 is 1.14 bits per heavy atom. The molecule has 5 fully saturated rings. The number of hydrogen-bond acceptors (Lipinski definition) is 4. The number of piperidine rings is 1. The predicted molar refractivity (Wildman–Crippen MR) is 149 cm³/mol. The maximum Gasteiger partial charge on any atom is 0.221 e. The maximum atomic E-state index is 12.5. The molecule has 0 aromatic heterocycles. The SMILES string of the molecule is C[C@@H]1CC[C@@]2(NC1)O[C@H]1C[C@H]3[C@@H]4CC=C5C[C@H](NC(=O)CCN(C)C)CC[C@]5(C)[C@H]4CC[C@]3(C)[C@H]1[C@@H]2C. The molecule has 2 aliphatic heterocycles. The summed E-state index contributed by atoms with van der Waals surface area (Å²) < 4.78 is 7.06. The largest absolute Gasteiger partial charge is 0.357 e. The lowest BCUT2D eigenvalue weighted by Crippen LogP contribution is -2.57. The van der Waals surface area contributed by atoms with Crippen molar-refractivity contribution in [2.75, 3.05) is 27.2 Å². The molecule has 0 aromatic carbocycles. The molecule has 6 rings (SSSR count). The molecular weight excluding hydrogens is 458 g/mol. The van der Waals surface area contributed by atoms with E-state index in [2.05, 4.69) is 49.3 Å². The molecule has 2 heterocycles. The molecule has 2 saturated heterocycles. The van der Waals surface area contributed by atoms with E-state index in [0.717, 1.165) is 49.6 Å². The fourth-order valence-electron chi connectivity index (χ4n) is 10.6. The second-order valence-electron chi connectivity index (χ2n) is 15.0. The van der Waals surface area contributed by atoms with Gasteiger partial charge in [-0.15, -0.1) is 0 Å². The minimum atomic E-state index is -0.0619. The number of ether oxygens (including phenoxy) is 1. The zero-order valence-electron chi connectivity index (χ0n) is 24.4. The van der Waals surface area contributed by atoms with Gasteiger partial charge in [-0.2, -0.15) is 0 Å². The van der Waals surface area contributed by atoms with Gasteiger partial charge in [-0.3, -0.25) is 10.1 Å². The zero-order chi connectivity index (χ0) is 26.2. The van der Waals surface area contributed by atoms with Gasteiger partial charge in [0.25, 0.3) is 0 Å². The summed E-state index contributed by atoms with van der Waals surface area (Å²) >= 11 is 0. The normalized spacial score (nSPS) is 50.7. The highest BCUT2D eigenvalue weighted by atomic mass is 16.5. The number of amides is 1. The van der Waals surface area contributed by atoms with Gasteiger partial charge < -0.3 is 15.0 Å². The molecule has 3 saturated carbocycles. The summed E-state index contributed by atoms with van der Waals surface area (Å²) in [6.45, 7) is 12.1. The lowest BCUT2D eigenvalue weighted by molar-refractivity contribution is -0.122. The van der Waals surface area contributed by atoms with Gasteiger partial charge in [-0.1, -0.05) is 39.3 Å². The van der Waals surface area contributed by atoms with Crippen LogP contribution in [0.4, 0.5) is 0 Å². The zero-order valence-corrected chi connectivity index (χ0v) is 24.4. The standard InChI is InChI=1S/C32H53N3O2/c1-20-9-15-32(33-19-20)21(2)29-27(37-32)18-26-24-8-7-22-17-23(34-28(36)12-16-35(5)6)10-13-30(22,3)25(24)11-14-31(26,29)4/h7,20-21,23-27,29,33H,8-19H2,1-6H3,(H,34,36)/t20-,21+,23-,24-,25+,26+,27+,29+,30+,31+,32-/m1/s1. The van der Waals surface area contributed by atoms with Gasteiger partial charge in [-0.25, -0.2) is 0 Å². The second kappa shape index (κ2) is 9.34. The minimum Gasteiger partial charge on any atom is -0.357 e. The van der Waals surface area contributed by atoms with E-state index in [9.17, 15) is 4.79 Å². The van der Waals surface area contributed by atoms with Crippen LogP contribution in [0, 0.1) is 46.3 Å². The van der Waals surface area contributed by atoms with Crippen LogP contribution in [0.15, 0.2) is 11.6 Å². The van der Waals surface area contributed by atoms with Crippen LogP contribution in [0.25, 0.3) is 0 Å². The number of nitrogens with zero attached hydrogens (tertiary/aromatic N) is 1. The number of hydrogen-bond donors (Lipinski definition) is 2. The van der Waals surface area contributed by atoms with Crippen LogP contribution in [0.2, 0.25) is 0 Å². The van der Waals surface area contributed by atoms with Crippen molar-refractivity contribution >= 4 is 5.91 Å². The van der Waals surface area contributed by atoms with E-state index in [1.165, 1.54) is 44.9 Å². The van der Waals surface area contributed by atoms with Crippen molar-refractivity contribution in [2.45, 2.75) is 110 Å². The van der Waals surface area contributed by atoms with Gasteiger partial charge in [0.15, 0.2) is 0 Å². The monoisotopic (exact) mass is 511 g/mol. The van der Waals surface area contributed by atoms with E-state index in [-0.39, 0.29) is 11.6 Å². The lowest BCUT2D eigenvalue weighted by atomic mass is 9.46. The van der Waals surface area contributed by atoms with E-state index in [4.69, 9.17) is 4.74 Å². The van der Waals surface area contributed by atoms with Crippen LogP contribution in [0.3, 0.4) is 0 Å². The summed E-state index contributed by atoms with van der Waals surface area (Å²) in [7, 11) is 4.07. The van der Waals surface area contributed by atoms with E-state index in [0.29, 0.717) is 41.2 Å². The van der Waals surface area contributed by atoms with Gasteiger partial charge >= 0.3 is 0 Å². The molecule has 0 aromatic rings. The van der Waals surface area contributed by atoms with E-state index in [1.54, 1.807) is 5.57 Å². The molecule has 1 spiro atoms. The maximum absolute atomic E-state index is 12.5. The Morgan fingerprint density at radius 3 is 2.68 bits per heavy atom. The molecule has 4 aliphatic carbocycles. The fourth-order valence-corrected chi connectivity index (χ4v) is 10.6. The molecule has 6 aliphatic rings. The molecular formula is C32H53N3O2. The smallest absolute Gasteiger partial charge is 0.221 e. The van der Waals surface area contributed by atoms with Crippen molar-refractivity contribution < 1.29 is 9.53 Å². The number of fused-ring (bicyclic) bond motifs is 7. The fraction of sp³-hybridized carbons (Fsp3) is 0.906. The number of nitrogens with one attached hydrogen (secondary N) is 2. The van der Waals surface area contributed by atoms with E-state index < -0.39 is 0 Å². The van der Waals surface area contributed by atoms with Gasteiger partial charge in [0.1, 0.15) is 5.72 Å². The summed E-state index contributed by atoms with van der Waals surface area (Å²) in [5, 5.41) is 7.27. The molecule has 0 unspecified atom stereocenters. The van der Waals surface area contributed by atoms with Crippen molar-refractivity contribution in [1.29, 1.82) is 0 Å². The summed E-state index contributed by atoms with van der Waals surface area (Å²) in [6.07, 6.45) is 14.8. The van der Waals surface area contributed by atoms with E-state index in [1.807, 2.05) is 14.1 Å². The first kappa shape index (κ1) is 26.3. The first-order valence-electron chi connectivity index (χ1n) is 15.6. The molecule has 208 valence electrons. The van der Waals surface area contributed by atoms with Crippen LogP contribution in [-0.2, 0) is 9.53 Å². The third-order valence-electron chi connectivity index (χ3n) is 12.7. The second-order valence-corrected chi connectivity index (χ2v) is 15.0. The molecule has 0 bridgehead atoms. The van der Waals surface area contributed by atoms with Crippen LogP contribution in [0.5, 0.6) is 0 Å². The molecule has 5 nitrogen and oxygen atoms in total. The Hall–Kier alpha value is -0.910. The Balaban J connectivity index is 1.16. The van der Waals surface area contributed by atoms with Gasteiger partial charge in [0, 0.05) is 31.5 Å². The summed E-state index contributed by atoms with van der Waals surface area (Å²) in [5.74, 6) is 4.69. The van der Waals surface area contributed by atoms with Crippen LogP contribution >= 0.6 is 0 Å². The lowest BCUT2D eigenvalue weighted by Gasteiger charge is -2.58. The Labute approximate surface area is 225 Å². The number of allylic oxidation sites excluding steroid dienone is 1. The quantitative estimate of drug-likeness (QED) is 0.499. The highest BCUT2D eigenvalue weighted by Crippen LogP contribution is 2.70. The third-order valence-corrected chi connectivity index (χ3v) is 12.7. The van der Waals surface area contributed by atoms with E-state index >= 15 is 0 Å². The number of rotatable bonds is 4. The Bertz CT molecular complexity index is 923. The minimum absolute atomic E-state index is 0.0619. The molecule has 2 N–H and O–H groups in total. The first-order chi connectivity index (χ1) is 17.6. The Morgan fingerprint density at radius 2 is 1.95 bits per heavy atom. The van der Waals surface area contributed by atoms with Gasteiger partial charge in [-0.05, 0) is 112 Å². The van der Waals surface area contributed by atoms with Crippen molar-refractivity contribution in [3.8, 4) is 0 Å². The predicted octanol–water partition coefficient (Wildman–Crippen LogP) is 5.36. The summed E-state index contributed by atoms with van der Waals surface area (Å²) in [5.41, 5.74) is 2.33. The van der Waals surface area contributed by atoms with Crippen molar-refractivity contribution in [3.63, 3.8) is 0 Å². The highest BCUT2D eigenvalue weighted by molar-refractivity contribution is 5.76. The summed E-state index contributed by atoms with van der Waals surface area (Å²) in [6, 6.07) is 0.321. The number of carbonyl (C=O) groups is 1. The average molecular weight is 512 g/mol. The molecule has 11 atom stereocenters. The molecule has 5 heteroatoms. The van der Waals surface area contributed by atoms with Gasteiger partial charge in [0.05, 0.1) is 6.10 Å². The van der Waals surface area contributed by atoms with Crippen LogP contribution < -0.4 is 10.6 Å². The average Bonchev–Trinajstić information content (AvgIpc) is 3.30. The highest BCUT2D eigenvalue weighted by Gasteiger charge is 2.68. The van der Waals surface area contributed by atoms with Gasteiger partial charge in [0.2, 0.25) is 5.91 Å². The molecule has 0 radical (unpaired) electrons. The molecule has 37 heavy (non-hydrogen) atoms. The number of carbonyl (C=O) groups excluding carboxylic acids is 1. The summed E-state index contributed by atoms with van der Waals surface area (Å²) in [4.78, 5) is 14.6. The van der Waals surface area contributed by atoms with Crippen molar-refractivity contribution in [2.24, 2.45) is 46.3 Å². The van der Waals surface area contributed by atoms with Crippen molar-refractivity contribution in [3.05, 3.63) is 11.6 Å². The Kier molecular flexibility index (Phi) is 6.64. The molecule has 1 amide bonds. The van der Waals surface area contributed by atoms with Crippen molar-refractivity contribution in [1.82, 2.24) is 15.5 Å². The third kappa shape index (κ3) is 4.16.